The molecule has 0 spiro atoms. The highest BCUT2D eigenvalue weighted by molar-refractivity contribution is 6.12. The number of Topliss-reactive ketones (excluding diaryl/α,β-unsaturated/α-hetero) is 1. The van der Waals surface area contributed by atoms with Crippen molar-refractivity contribution in [2.45, 2.75) is 32.8 Å². The lowest BCUT2D eigenvalue weighted by atomic mass is 10.0. The van der Waals surface area contributed by atoms with Gasteiger partial charge in [0.05, 0.1) is 29.4 Å². The highest BCUT2D eigenvalue weighted by Gasteiger charge is 2.20. The Morgan fingerprint density at radius 3 is 2.39 bits per heavy atom. The minimum absolute atomic E-state index is 0.0468. The standard InChI is InChI=1S/C27H23F2N3O4/c1-27(2,3)36-26(35)32-22-10-7-17(20-13-19(28)8-9-21(20)29)12-23(22)31-25(34)14-24(33)18-6-4-5-16(11-18)15-30/h4-13H,14H2,1-3H3,(H,31,34)(H,32,35). The number of hydrogen-bond donors (Lipinski definition) is 2. The van der Waals surface area contributed by atoms with Crippen molar-refractivity contribution in [1.29, 1.82) is 5.26 Å². The summed E-state index contributed by atoms with van der Waals surface area (Å²) in [6.45, 7) is 5.04. The smallest absolute Gasteiger partial charge is 0.412 e. The van der Waals surface area contributed by atoms with Crippen LogP contribution in [-0.2, 0) is 9.53 Å². The van der Waals surface area contributed by atoms with Gasteiger partial charge in [0.2, 0.25) is 5.91 Å². The van der Waals surface area contributed by atoms with E-state index in [2.05, 4.69) is 10.6 Å². The van der Waals surface area contributed by atoms with Gasteiger partial charge in [-0.25, -0.2) is 13.6 Å². The maximum absolute atomic E-state index is 14.4. The van der Waals surface area contributed by atoms with Gasteiger partial charge in [-0.3, -0.25) is 14.9 Å². The van der Waals surface area contributed by atoms with Gasteiger partial charge in [0.25, 0.3) is 0 Å². The number of carbonyl (C=O) groups excluding carboxylic acids is 3. The molecule has 0 radical (unpaired) electrons. The lowest BCUT2D eigenvalue weighted by Gasteiger charge is -2.21. The number of carbonyl (C=O) groups is 3. The summed E-state index contributed by atoms with van der Waals surface area (Å²) in [5.74, 6) is -2.59. The quantitative estimate of drug-likeness (QED) is 0.322. The molecule has 3 aromatic rings. The molecule has 0 heterocycles. The number of nitrogens with zero attached hydrogens (tertiary/aromatic N) is 1. The number of halogens is 2. The number of ether oxygens (including phenoxy) is 1. The van der Waals surface area contributed by atoms with Crippen LogP contribution in [0.15, 0.2) is 60.7 Å². The number of benzene rings is 3. The fourth-order valence-electron chi connectivity index (χ4n) is 3.26. The first-order chi connectivity index (χ1) is 16.9. The Bertz CT molecular complexity index is 1370. The molecule has 7 nitrogen and oxygen atoms in total. The summed E-state index contributed by atoms with van der Waals surface area (Å²) in [4.78, 5) is 37.6. The average Bonchev–Trinajstić information content (AvgIpc) is 2.80. The van der Waals surface area contributed by atoms with Gasteiger partial charge < -0.3 is 10.1 Å². The second-order valence-corrected chi connectivity index (χ2v) is 8.85. The number of amides is 2. The van der Waals surface area contributed by atoms with Gasteiger partial charge in [-0.2, -0.15) is 5.26 Å². The normalized spacial score (nSPS) is 10.8. The Balaban J connectivity index is 1.90. The minimum atomic E-state index is -0.799. The molecule has 0 aromatic heterocycles. The van der Waals surface area contributed by atoms with E-state index in [1.165, 1.54) is 42.5 Å². The molecule has 36 heavy (non-hydrogen) atoms. The van der Waals surface area contributed by atoms with Gasteiger partial charge in [-0.05, 0) is 68.8 Å². The molecule has 0 fully saturated rings. The van der Waals surface area contributed by atoms with Crippen LogP contribution in [0.25, 0.3) is 11.1 Å². The predicted octanol–water partition coefficient (Wildman–Crippen LogP) is 6.06. The molecule has 0 bridgehead atoms. The van der Waals surface area contributed by atoms with Gasteiger partial charge >= 0.3 is 6.09 Å². The third-order valence-corrected chi connectivity index (χ3v) is 4.80. The third-order valence-electron chi connectivity index (χ3n) is 4.80. The maximum atomic E-state index is 14.4. The molecule has 2 amide bonds. The molecular weight excluding hydrogens is 468 g/mol. The second kappa shape index (κ2) is 10.8. The van der Waals surface area contributed by atoms with Crippen LogP contribution >= 0.6 is 0 Å². The molecule has 3 rings (SSSR count). The summed E-state index contributed by atoms with van der Waals surface area (Å²) >= 11 is 0. The molecule has 9 heteroatoms. The van der Waals surface area contributed by atoms with Gasteiger partial charge in [0.1, 0.15) is 17.2 Å². The van der Waals surface area contributed by atoms with Crippen LogP contribution in [0.2, 0.25) is 0 Å². The van der Waals surface area contributed by atoms with E-state index >= 15 is 0 Å². The van der Waals surface area contributed by atoms with Crippen LogP contribution in [0.3, 0.4) is 0 Å². The van der Waals surface area contributed by atoms with Gasteiger partial charge in [0, 0.05) is 11.1 Å². The lowest BCUT2D eigenvalue weighted by Crippen LogP contribution is -2.27. The van der Waals surface area contributed by atoms with E-state index in [4.69, 9.17) is 10.00 Å². The summed E-state index contributed by atoms with van der Waals surface area (Å²) in [6, 6.07) is 15.0. The van der Waals surface area contributed by atoms with Crippen LogP contribution < -0.4 is 10.6 Å². The monoisotopic (exact) mass is 491 g/mol. The Morgan fingerprint density at radius 1 is 0.944 bits per heavy atom. The topological polar surface area (TPSA) is 108 Å². The molecule has 2 N–H and O–H groups in total. The molecule has 0 saturated heterocycles. The largest absolute Gasteiger partial charge is 0.444 e. The predicted molar refractivity (Wildman–Crippen MR) is 130 cm³/mol. The van der Waals surface area contributed by atoms with E-state index in [0.717, 1.165) is 18.2 Å². The Labute approximate surface area is 206 Å². The summed E-state index contributed by atoms with van der Waals surface area (Å²) < 4.78 is 33.3. The van der Waals surface area contributed by atoms with E-state index in [1.54, 1.807) is 20.8 Å². The van der Waals surface area contributed by atoms with Crippen molar-refractivity contribution in [2.24, 2.45) is 0 Å². The first-order valence-electron chi connectivity index (χ1n) is 10.9. The molecule has 0 saturated carbocycles. The zero-order valence-electron chi connectivity index (χ0n) is 19.8. The number of ketones is 1. The van der Waals surface area contributed by atoms with Crippen LogP contribution in [0, 0.1) is 23.0 Å². The van der Waals surface area contributed by atoms with Crippen LogP contribution in [0.1, 0.15) is 43.1 Å². The van der Waals surface area contributed by atoms with Crippen molar-refractivity contribution in [2.75, 3.05) is 10.6 Å². The van der Waals surface area contributed by atoms with Crippen molar-refractivity contribution >= 4 is 29.2 Å². The molecule has 0 aliphatic rings. The number of rotatable bonds is 6. The van der Waals surface area contributed by atoms with Gasteiger partial charge in [-0.15, -0.1) is 0 Å². The second-order valence-electron chi connectivity index (χ2n) is 8.85. The molecule has 0 aliphatic carbocycles. The number of nitriles is 1. The number of anilines is 2. The van der Waals surface area contributed by atoms with E-state index in [9.17, 15) is 23.2 Å². The zero-order chi connectivity index (χ0) is 26.5. The van der Waals surface area contributed by atoms with Gasteiger partial charge in [-0.1, -0.05) is 18.2 Å². The fraction of sp³-hybridized carbons (Fsp3) is 0.185. The van der Waals surface area contributed by atoms with Crippen molar-refractivity contribution in [3.63, 3.8) is 0 Å². The Morgan fingerprint density at radius 2 is 1.69 bits per heavy atom. The summed E-state index contributed by atoms with van der Waals surface area (Å²) in [6.07, 6.45) is -1.36. The van der Waals surface area contributed by atoms with Crippen molar-refractivity contribution in [3.8, 4) is 17.2 Å². The number of nitrogens with one attached hydrogen (secondary N) is 2. The van der Waals surface area contributed by atoms with Crippen molar-refractivity contribution < 1.29 is 27.9 Å². The van der Waals surface area contributed by atoms with E-state index in [0.29, 0.717) is 0 Å². The summed E-state index contributed by atoms with van der Waals surface area (Å²) in [5.41, 5.74) is 0.0102. The summed E-state index contributed by atoms with van der Waals surface area (Å²) in [5, 5.41) is 14.1. The fourth-order valence-corrected chi connectivity index (χ4v) is 3.26. The molecule has 0 atom stereocenters. The molecule has 184 valence electrons. The van der Waals surface area contributed by atoms with Gasteiger partial charge in [0.15, 0.2) is 5.78 Å². The molecule has 0 aliphatic heterocycles. The highest BCUT2D eigenvalue weighted by atomic mass is 19.1. The first kappa shape index (κ1) is 26.0. The number of hydrogen-bond acceptors (Lipinski definition) is 5. The molecular formula is C27H23F2N3O4. The van der Waals surface area contributed by atoms with E-state index in [1.807, 2.05) is 6.07 Å². The first-order valence-corrected chi connectivity index (χ1v) is 10.9. The van der Waals surface area contributed by atoms with Crippen LogP contribution in [0.5, 0.6) is 0 Å². The van der Waals surface area contributed by atoms with Crippen LogP contribution in [0.4, 0.5) is 25.0 Å². The molecule has 3 aromatic carbocycles. The maximum Gasteiger partial charge on any atom is 0.412 e. The average molecular weight is 491 g/mol. The SMILES string of the molecule is CC(C)(C)OC(=O)Nc1ccc(-c2cc(F)ccc2F)cc1NC(=O)CC(=O)c1cccc(C#N)c1. The highest BCUT2D eigenvalue weighted by Crippen LogP contribution is 2.31. The van der Waals surface area contributed by atoms with Crippen molar-refractivity contribution in [1.82, 2.24) is 0 Å². The lowest BCUT2D eigenvalue weighted by molar-refractivity contribution is -0.115. The summed E-state index contributed by atoms with van der Waals surface area (Å²) in [7, 11) is 0. The van der Waals surface area contributed by atoms with E-state index in [-0.39, 0.29) is 33.6 Å². The zero-order valence-corrected chi connectivity index (χ0v) is 19.8. The van der Waals surface area contributed by atoms with E-state index < -0.39 is 41.4 Å². The molecule has 0 unspecified atom stereocenters. The minimum Gasteiger partial charge on any atom is -0.444 e. The van der Waals surface area contributed by atoms with Crippen molar-refractivity contribution in [3.05, 3.63) is 83.4 Å². The van der Waals surface area contributed by atoms with Crippen LogP contribution in [-0.4, -0.2) is 23.4 Å². The third kappa shape index (κ3) is 6.96. The Hall–Kier alpha value is -4.58. The Kier molecular flexibility index (Phi) is 7.80.